The summed E-state index contributed by atoms with van der Waals surface area (Å²) in [5.41, 5.74) is 13.9. The first kappa shape index (κ1) is 29.1. The number of benzene rings is 1. The van der Waals surface area contributed by atoms with Crippen LogP contribution < -0.4 is 16.5 Å². The summed E-state index contributed by atoms with van der Waals surface area (Å²) in [6, 6.07) is 8.82. The summed E-state index contributed by atoms with van der Waals surface area (Å²) < 4.78 is 0. The van der Waals surface area contributed by atoms with Crippen molar-refractivity contribution < 1.29 is 9.90 Å². The van der Waals surface area contributed by atoms with Gasteiger partial charge < -0.3 is 5.11 Å². The summed E-state index contributed by atoms with van der Waals surface area (Å²) in [5, 5.41) is 15.0. The molecule has 4 saturated carbocycles. The van der Waals surface area contributed by atoms with Crippen LogP contribution in [0, 0.1) is 56.7 Å². The van der Waals surface area contributed by atoms with Crippen LogP contribution in [0.2, 0.25) is 0 Å². The Labute approximate surface area is 258 Å². The molecule has 4 fully saturated rings. The summed E-state index contributed by atoms with van der Waals surface area (Å²) in [6.45, 7) is 19.4. The van der Waals surface area contributed by atoms with Crippen LogP contribution in [0.25, 0.3) is 5.57 Å². The zero-order valence-corrected chi connectivity index (χ0v) is 27.1. The van der Waals surface area contributed by atoms with Gasteiger partial charge in [-0.05, 0) is 133 Å². The van der Waals surface area contributed by atoms with Gasteiger partial charge in [0.15, 0.2) is 5.84 Å². The quantitative estimate of drug-likeness (QED) is 0.273. The number of aliphatic carboxylic acids is 1. The minimum Gasteiger partial charge on any atom is -0.481 e. The van der Waals surface area contributed by atoms with Crippen LogP contribution in [0.1, 0.15) is 110 Å². The minimum absolute atomic E-state index is 0.0493. The van der Waals surface area contributed by atoms with Crippen LogP contribution in [-0.2, 0) is 4.79 Å². The second kappa shape index (κ2) is 9.45. The van der Waals surface area contributed by atoms with E-state index in [1.54, 1.807) is 0 Å². The molecule has 0 radical (unpaired) electrons. The average molecular weight is 585 g/mol. The molecule has 43 heavy (non-hydrogen) atoms. The molecule has 7 rings (SSSR count). The normalized spacial score (nSPS) is 44.4. The van der Waals surface area contributed by atoms with Gasteiger partial charge in [-0.1, -0.05) is 71.0 Å². The number of nitrogens with one attached hydrogen (secondary N) is 3. The van der Waals surface area contributed by atoms with Crippen LogP contribution in [0.5, 0.6) is 0 Å². The van der Waals surface area contributed by atoms with E-state index in [0.717, 1.165) is 43.5 Å². The lowest BCUT2D eigenvalue weighted by molar-refractivity contribution is -0.227. The number of hydrazine groups is 2. The Morgan fingerprint density at radius 1 is 0.953 bits per heavy atom. The largest absolute Gasteiger partial charge is 0.481 e. The number of fused-ring (bicyclic) bond motifs is 7. The molecule has 232 valence electrons. The second-order valence-electron chi connectivity index (χ2n) is 16.6. The van der Waals surface area contributed by atoms with Gasteiger partial charge in [0, 0.05) is 5.56 Å². The molecule has 1 aromatic rings. The second-order valence-corrected chi connectivity index (χ2v) is 16.6. The van der Waals surface area contributed by atoms with Gasteiger partial charge in [0.05, 0.1) is 5.41 Å². The molecule has 1 aromatic carbocycles. The zero-order chi connectivity index (χ0) is 30.6. The van der Waals surface area contributed by atoms with E-state index in [1.165, 1.54) is 42.4 Å². The van der Waals surface area contributed by atoms with Gasteiger partial charge in [-0.2, -0.15) is 0 Å². The third-order valence-electron chi connectivity index (χ3n) is 14.9. The highest BCUT2D eigenvalue weighted by Gasteiger charge is 2.71. The van der Waals surface area contributed by atoms with Crippen molar-refractivity contribution in [2.45, 2.75) is 99.3 Å². The zero-order valence-electron chi connectivity index (χ0n) is 27.1. The molecule has 0 amide bonds. The van der Waals surface area contributed by atoms with E-state index in [4.69, 9.17) is 0 Å². The molecule has 0 spiro atoms. The Balaban J connectivity index is 1.24. The molecule has 0 unspecified atom stereocenters. The van der Waals surface area contributed by atoms with Crippen LogP contribution in [-0.4, -0.2) is 16.9 Å². The Hall–Kier alpha value is -2.60. The molecule has 1 aliphatic heterocycles. The molecule has 6 heteroatoms. The number of hydrogen-bond donors (Lipinski definition) is 4. The average Bonchev–Trinajstić information content (AvgIpc) is 3.63. The smallest absolute Gasteiger partial charge is 0.309 e. The van der Waals surface area contributed by atoms with Crippen molar-refractivity contribution in [2.75, 3.05) is 0 Å². The highest BCUT2D eigenvalue weighted by atomic mass is 16.4. The number of hydrogen-bond acceptors (Lipinski definition) is 5. The Morgan fingerprint density at radius 3 is 2.42 bits per heavy atom. The maximum absolute atomic E-state index is 13.0. The predicted octanol–water partition coefficient (Wildman–Crippen LogP) is 7.70. The Bertz CT molecular complexity index is 1430. The number of carboxylic acid groups (broad SMARTS) is 1. The minimum atomic E-state index is -0.553. The van der Waals surface area contributed by atoms with Crippen molar-refractivity contribution >= 4 is 17.4 Å². The molecule has 0 saturated heterocycles. The van der Waals surface area contributed by atoms with Crippen molar-refractivity contribution in [3.05, 3.63) is 53.6 Å². The lowest BCUT2D eigenvalue weighted by Crippen LogP contribution is -2.65. The lowest BCUT2D eigenvalue weighted by atomic mass is 9.32. The molecule has 0 bridgehead atoms. The van der Waals surface area contributed by atoms with Crippen molar-refractivity contribution in [1.29, 1.82) is 0 Å². The third kappa shape index (κ3) is 3.74. The molecule has 5 aliphatic carbocycles. The van der Waals surface area contributed by atoms with Crippen molar-refractivity contribution in [2.24, 2.45) is 61.8 Å². The van der Waals surface area contributed by atoms with Crippen LogP contribution in [0.3, 0.4) is 0 Å². The van der Waals surface area contributed by atoms with E-state index in [0.29, 0.717) is 23.7 Å². The Morgan fingerprint density at radius 2 is 1.72 bits per heavy atom. The number of carbonyl (C=O) groups is 1. The highest BCUT2D eigenvalue weighted by molar-refractivity contribution is 5.99. The molecule has 1 heterocycles. The van der Waals surface area contributed by atoms with Crippen molar-refractivity contribution in [3.8, 4) is 0 Å². The summed E-state index contributed by atoms with van der Waals surface area (Å²) in [7, 11) is 0. The number of nitrogens with zero attached hydrogens (tertiary/aromatic N) is 1. The molecule has 9 atom stereocenters. The van der Waals surface area contributed by atoms with Gasteiger partial charge in [-0.3, -0.25) is 10.2 Å². The monoisotopic (exact) mass is 584 g/mol. The molecule has 6 nitrogen and oxygen atoms in total. The van der Waals surface area contributed by atoms with Crippen molar-refractivity contribution in [3.63, 3.8) is 0 Å². The lowest BCUT2D eigenvalue weighted by Gasteiger charge is -2.72. The van der Waals surface area contributed by atoms with E-state index < -0.39 is 11.4 Å². The predicted molar refractivity (Wildman–Crippen MR) is 172 cm³/mol. The van der Waals surface area contributed by atoms with Gasteiger partial charge in [0.2, 0.25) is 0 Å². The van der Waals surface area contributed by atoms with Gasteiger partial charge in [-0.25, -0.2) is 5.53 Å². The van der Waals surface area contributed by atoms with E-state index in [9.17, 15) is 9.90 Å². The third-order valence-corrected chi connectivity index (χ3v) is 14.9. The molecular formula is C37H52N4O2. The summed E-state index contributed by atoms with van der Waals surface area (Å²) in [4.78, 5) is 13.0. The number of amidine groups is 1. The SMILES string of the molecule is C=C(C)[C@@H]1CC[C@]2(C(=O)O)CC[C@]3(C)[C@H](CC[C@@H]4[C@@]5(C)CC=C(c6cccc(C7=NNNN7)c6)C(C)(C)[C@@H]5CC[C@]43C)[C@@H]12. The number of hydrazone groups is 1. The van der Waals surface area contributed by atoms with Gasteiger partial charge in [0.25, 0.3) is 0 Å². The topological polar surface area (TPSA) is 85.8 Å². The Kier molecular flexibility index (Phi) is 6.40. The maximum atomic E-state index is 13.0. The number of carboxylic acids is 1. The van der Waals surface area contributed by atoms with Gasteiger partial charge >= 0.3 is 5.97 Å². The summed E-state index contributed by atoms with van der Waals surface area (Å²) in [6.07, 6.45) is 12.3. The molecule has 0 aromatic heterocycles. The molecule has 6 aliphatic rings. The molecular weight excluding hydrogens is 532 g/mol. The summed E-state index contributed by atoms with van der Waals surface area (Å²) in [5.74, 6) is 2.56. The van der Waals surface area contributed by atoms with Crippen LogP contribution >= 0.6 is 0 Å². The first-order chi connectivity index (χ1) is 20.3. The first-order valence-corrected chi connectivity index (χ1v) is 16.8. The fraction of sp³-hybridized carbons (Fsp3) is 0.676. The molecule has 4 N–H and O–H groups in total. The fourth-order valence-corrected chi connectivity index (χ4v) is 12.8. The fourth-order valence-electron chi connectivity index (χ4n) is 12.8. The number of allylic oxidation sites excluding steroid dienone is 3. The van der Waals surface area contributed by atoms with Gasteiger partial charge in [0.1, 0.15) is 0 Å². The van der Waals surface area contributed by atoms with E-state index in [1.807, 2.05) is 0 Å². The van der Waals surface area contributed by atoms with E-state index in [-0.39, 0.29) is 27.6 Å². The summed E-state index contributed by atoms with van der Waals surface area (Å²) >= 11 is 0. The number of rotatable bonds is 4. The highest BCUT2D eigenvalue weighted by Crippen LogP contribution is 2.77. The standard InChI is InChI=1S/C37H52N4O2/c1-22(2)25-13-18-37(32(42)43)20-19-35(6)27(30(25)37)11-12-29-34(5)16-14-26(33(3,4)28(34)15-17-36(29,35)7)23-9-8-10-24(21-23)31-38-40-41-39-31/h8-10,14,21,25,27-30,40-41H,1,11-13,15-20H2,2-7H3,(H,38,39)(H,42,43)/t25-,27+,28-,29+,30+,34-,35+,36+,37-/m0/s1. The first-order valence-electron chi connectivity index (χ1n) is 16.8. The van der Waals surface area contributed by atoms with E-state index in [2.05, 4.69) is 100 Å². The van der Waals surface area contributed by atoms with Crippen LogP contribution in [0.4, 0.5) is 0 Å². The van der Waals surface area contributed by atoms with E-state index >= 15 is 0 Å². The van der Waals surface area contributed by atoms with Crippen molar-refractivity contribution in [1.82, 2.24) is 16.5 Å². The van der Waals surface area contributed by atoms with Crippen LogP contribution in [0.15, 0.2) is 47.6 Å². The van der Waals surface area contributed by atoms with Gasteiger partial charge in [-0.15, -0.1) is 10.6 Å². The maximum Gasteiger partial charge on any atom is 0.309 e.